The number of imidazole rings is 1. The van der Waals surface area contributed by atoms with Gasteiger partial charge in [0.2, 0.25) is 5.91 Å². The highest BCUT2D eigenvalue weighted by atomic mass is 16.2. The van der Waals surface area contributed by atoms with Crippen LogP contribution in [-0.4, -0.2) is 33.4 Å². The highest BCUT2D eigenvalue weighted by Crippen LogP contribution is 2.48. The average molecular weight is 295 g/mol. The normalized spacial score (nSPS) is 27.6. The van der Waals surface area contributed by atoms with Gasteiger partial charge in [0, 0.05) is 31.4 Å². The zero-order chi connectivity index (χ0) is 14.9. The number of carbonyl (C=O) groups is 1. The second-order valence-electron chi connectivity index (χ2n) is 6.45. The molecule has 3 atom stereocenters. The molecule has 1 aromatic heterocycles. The molecule has 0 bridgehead atoms. The van der Waals surface area contributed by atoms with Gasteiger partial charge in [-0.3, -0.25) is 4.79 Å². The van der Waals surface area contributed by atoms with Crippen LogP contribution in [0.3, 0.4) is 0 Å². The van der Waals surface area contributed by atoms with Gasteiger partial charge < -0.3 is 9.47 Å². The zero-order valence-electron chi connectivity index (χ0n) is 12.6. The molecule has 1 saturated heterocycles. The van der Waals surface area contributed by atoms with Crippen molar-refractivity contribution in [1.82, 2.24) is 14.5 Å². The predicted molar refractivity (Wildman–Crippen MR) is 84.4 cm³/mol. The van der Waals surface area contributed by atoms with Crippen LogP contribution in [0.1, 0.15) is 36.8 Å². The van der Waals surface area contributed by atoms with Gasteiger partial charge in [0.15, 0.2) is 0 Å². The zero-order valence-corrected chi connectivity index (χ0v) is 12.6. The summed E-state index contributed by atoms with van der Waals surface area (Å²) in [6.45, 7) is 1.73. The molecule has 22 heavy (non-hydrogen) atoms. The number of benzene rings is 1. The van der Waals surface area contributed by atoms with Gasteiger partial charge in [-0.2, -0.15) is 0 Å². The first-order chi connectivity index (χ1) is 10.8. The molecule has 2 aromatic rings. The lowest BCUT2D eigenvalue weighted by atomic mass is 10.0. The molecule has 1 aliphatic heterocycles. The number of aromatic nitrogens is 2. The third-order valence-corrected chi connectivity index (χ3v) is 4.99. The molecular weight excluding hydrogens is 274 g/mol. The predicted octanol–water partition coefficient (Wildman–Crippen LogP) is 2.85. The van der Waals surface area contributed by atoms with E-state index in [9.17, 15) is 4.79 Å². The third-order valence-electron chi connectivity index (χ3n) is 4.99. The standard InChI is InChI=1S/C18H21N3O/c22-18(17-11-16(17)14-5-2-1-3-6-14)20-9-4-7-15(12-20)21-10-8-19-13-21/h1-3,5-6,8,10,13,15-17H,4,7,9,11-12H2/t15-,16-,17-/m1/s1. The maximum Gasteiger partial charge on any atom is 0.226 e. The van der Waals surface area contributed by atoms with Crippen molar-refractivity contribution in [2.24, 2.45) is 5.92 Å². The smallest absolute Gasteiger partial charge is 0.226 e. The van der Waals surface area contributed by atoms with Crippen molar-refractivity contribution in [1.29, 1.82) is 0 Å². The topological polar surface area (TPSA) is 38.1 Å². The van der Waals surface area contributed by atoms with Crippen LogP contribution in [0.5, 0.6) is 0 Å². The molecule has 1 amide bonds. The maximum absolute atomic E-state index is 12.8. The summed E-state index contributed by atoms with van der Waals surface area (Å²) in [6.07, 6.45) is 8.90. The summed E-state index contributed by atoms with van der Waals surface area (Å²) in [4.78, 5) is 19.0. The number of hydrogen-bond donors (Lipinski definition) is 0. The fourth-order valence-corrected chi connectivity index (χ4v) is 3.65. The number of piperidine rings is 1. The number of carbonyl (C=O) groups excluding carboxylic acids is 1. The summed E-state index contributed by atoms with van der Waals surface area (Å²) >= 11 is 0. The van der Waals surface area contributed by atoms with Crippen LogP contribution in [0, 0.1) is 5.92 Å². The Morgan fingerprint density at radius 3 is 2.86 bits per heavy atom. The van der Waals surface area contributed by atoms with E-state index in [1.54, 1.807) is 0 Å². The van der Waals surface area contributed by atoms with Crippen molar-refractivity contribution in [3.05, 3.63) is 54.6 Å². The number of likely N-dealkylation sites (tertiary alicyclic amines) is 1. The first-order valence-corrected chi connectivity index (χ1v) is 8.14. The maximum atomic E-state index is 12.8. The molecule has 1 saturated carbocycles. The van der Waals surface area contributed by atoms with E-state index < -0.39 is 0 Å². The molecule has 1 aromatic carbocycles. The summed E-state index contributed by atoms with van der Waals surface area (Å²) in [7, 11) is 0. The Balaban J connectivity index is 1.41. The van der Waals surface area contributed by atoms with E-state index in [-0.39, 0.29) is 5.92 Å². The number of amides is 1. The third kappa shape index (κ3) is 2.54. The molecule has 0 unspecified atom stereocenters. The van der Waals surface area contributed by atoms with Crippen LogP contribution >= 0.6 is 0 Å². The second kappa shape index (κ2) is 5.59. The Morgan fingerprint density at radius 2 is 2.09 bits per heavy atom. The van der Waals surface area contributed by atoms with Crippen molar-refractivity contribution < 1.29 is 4.79 Å². The van der Waals surface area contributed by atoms with Crippen LogP contribution < -0.4 is 0 Å². The lowest BCUT2D eigenvalue weighted by Gasteiger charge is -2.33. The summed E-state index contributed by atoms with van der Waals surface area (Å²) in [6, 6.07) is 10.8. The van der Waals surface area contributed by atoms with Crippen molar-refractivity contribution >= 4 is 5.91 Å². The average Bonchev–Trinajstić information content (AvgIpc) is 3.19. The summed E-state index contributed by atoms with van der Waals surface area (Å²) in [5, 5.41) is 0. The first-order valence-electron chi connectivity index (χ1n) is 8.14. The van der Waals surface area contributed by atoms with Crippen molar-refractivity contribution in [2.75, 3.05) is 13.1 Å². The largest absolute Gasteiger partial charge is 0.340 e. The minimum atomic E-state index is 0.198. The molecule has 4 nitrogen and oxygen atoms in total. The molecular formula is C18H21N3O. The molecule has 0 N–H and O–H groups in total. The van der Waals surface area contributed by atoms with E-state index in [4.69, 9.17) is 0 Å². The van der Waals surface area contributed by atoms with Crippen molar-refractivity contribution in [3.63, 3.8) is 0 Å². The van der Waals surface area contributed by atoms with Gasteiger partial charge in [-0.1, -0.05) is 30.3 Å². The van der Waals surface area contributed by atoms with Crippen LogP contribution in [0.15, 0.2) is 49.1 Å². The van der Waals surface area contributed by atoms with Crippen molar-refractivity contribution in [2.45, 2.75) is 31.2 Å². The van der Waals surface area contributed by atoms with Crippen molar-refractivity contribution in [3.8, 4) is 0 Å². The molecule has 2 aliphatic rings. The first kappa shape index (κ1) is 13.6. The van der Waals surface area contributed by atoms with Gasteiger partial charge in [0.05, 0.1) is 12.4 Å². The molecule has 0 spiro atoms. The lowest BCUT2D eigenvalue weighted by molar-refractivity contribution is -0.134. The minimum absolute atomic E-state index is 0.198. The number of rotatable bonds is 3. The Hall–Kier alpha value is -2.10. The fraction of sp³-hybridized carbons (Fsp3) is 0.444. The second-order valence-corrected chi connectivity index (χ2v) is 6.45. The Morgan fingerprint density at radius 1 is 1.23 bits per heavy atom. The molecule has 1 aliphatic carbocycles. The highest BCUT2D eigenvalue weighted by Gasteiger charge is 2.46. The molecule has 4 rings (SSSR count). The van der Waals surface area contributed by atoms with Crippen LogP contribution in [0.2, 0.25) is 0 Å². The summed E-state index contributed by atoms with van der Waals surface area (Å²) < 4.78 is 2.14. The van der Waals surface area contributed by atoms with Gasteiger partial charge in [0.25, 0.3) is 0 Å². The molecule has 2 fully saturated rings. The van der Waals surface area contributed by atoms with Crippen LogP contribution in [-0.2, 0) is 4.79 Å². The Labute approximate surface area is 130 Å². The van der Waals surface area contributed by atoms with Gasteiger partial charge in [-0.15, -0.1) is 0 Å². The molecule has 0 radical (unpaired) electrons. The molecule has 2 heterocycles. The van der Waals surface area contributed by atoms with E-state index >= 15 is 0 Å². The van der Waals surface area contributed by atoms with Gasteiger partial charge in [-0.25, -0.2) is 4.98 Å². The van der Waals surface area contributed by atoms with E-state index in [1.165, 1.54) is 5.56 Å². The van der Waals surface area contributed by atoms with Crippen LogP contribution in [0.4, 0.5) is 0 Å². The van der Waals surface area contributed by atoms with Gasteiger partial charge >= 0.3 is 0 Å². The Bertz CT molecular complexity index is 638. The fourth-order valence-electron chi connectivity index (χ4n) is 3.65. The van der Waals surface area contributed by atoms with E-state index in [2.05, 4.69) is 38.7 Å². The van der Waals surface area contributed by atoms with E-state index in [0.29, 0.717) is 17.9 Å². The van der Waals surface area contributed by atoms with E-state index in [0.717, 1.165) is 32.4 Å². The lowest BCUT2D eigenvalue weighted by Crippen LogP contribution is -2.41. The van der Waals surface area contributed by atoms with Gasteiger partial charge in [0.1, 0.15) is 0 Å². The highest BCUT2D eigenvalue weighted by molar-refractivity contribution is 5.83. The summed E-state index contributed by atoms with van der Waals surface area (Å²) in [5.41, 5.74) is 1.31. The molecule has 4 heteroatoms. The summed E-state index contributed by atoms with van der Waals surface area (Å²) in [5.74, 6) is 0.977. The molecule has 114 valence electrons. The monoisotopic (exact) mass is 295 g/mol. The number of hydrogen-bond acceptors (Lipinski definition) is 2. The number of nitrogens with zero attached hydrogens (tertiary/aromatic N) is 3. The van der Waals surface area contributed by atoms with E-state index in [1.807, 2.05) is 24.8 Å². The Kier molecular flexibility index (Phi) is 3.45. The van der Waals surface area contributed by atoms with Gasteiger partial charge in [-0.05, 0) is 30.7 Å². The minimum Gasteiger partial charge on any atom is -0.340 e. The quantitative estimate of drug-likeness (QED) is 0.873. The van der Waals surface area contributed by atoms with Crippen LogP contribution in [0.25, 0.3) is 0 Å². The SMILES string of the molecule is O=C([C@@H]1C[C@@H]1c1ccccc1)N1CCC[C@@H](n2ccnc2)C1.